The van der Waals surface area contributed by atoms with Crippen molar-refractivity contribution in [2.75, 3.05) is 46.3 Å². The number of piperidine rings is 2. The predicted molar refractivity (Wildman–Crippen MR) is 115 cm³/mol. The summed E-state index contributed by atoms with van der Waals surface area (Å²) in [6.07, 6.45) is 8.19. The second kappa shape index (κ2) is 12.3. The average molecular weight is 451 g/mol. The highest BCUT2D eigenvalue weighted by Crippen LogP contribution is 2.18. The van der Waals surface area contributed by atoms with E-state index in [9.17, 15) is 0 Å². The summed E-state index contributed by atoms with van der Waals surface area (Å²) in [6, 6.07) is 1.28. The Balaban J connectivity index is 0.00000288. The van der Waals surface area contributed by atoms with Crippen LogP contribution in [0.5, 0.6) is 0 Å². The molecule has 0 aromatic carbocycles. The summed E-state index contributed by atoms with van der Waals surface area (Å²) in [5.41, 5.74) is 0. The van der Waals surface area contributed by atoms with Gasteiger partial charge in [0.2, 0.25) is 0 Å². The van der Waals surface area contributed by atoms with Crippen LogP contribution in [0.15, 0.2) is 4.99 Å². The van der Waals surface area contributed by atoms with Gasteiger partial charge in [-0.1, -0.05) is 12.8 Å². The number of nitrogens with zero attached hydrogens (tertiary/aromatic N) is 3. The van der Waals surface area contributed by atoms with Crippen LogP contribution in [0.4, 0.5) is 0 Å². The van der Waals surface area contributed by atoms with Crippen LogP contribution in [0.2, 0.25) is 0 Å². The summed E-state index contributed by atoms with van der Waals surface area (Å²) < 4.78 is 0. The standard InChI is InChI=1S/C18H37N5.HI/c1-16-9-5-8-13-23(16)17(2)15-21-18(19-3)20-10-14-22-11-6-4-7-12-22;/h16-17H,4-15H2,1-3H3,(H2,19,20,21);1H. The summed E-state index contributed by atoms with van der Waals surface area (Å²) in [5.74, 6) is 0.943. The molecule has 0 amide bonds. The molecule has 5 nitrogen and oxygen atoms in total. The van der Waals surface area contributed by atoms with Gasteiger partial charge in [-0.3, -0.25) is 9.89 Å². The molecule has 0 radical (unpaired) electrons. The van der Waals surface area contributed by atoms with Crippen molar-refractivity contribution in [2.45, 2.75) is 64.5 Å². The normalized spacial score (nSPS) is 25.0. The first-order valence-corrected chi connectivity index (χ1v) is 9.63. The maximum atomic E-state index is 4.36. The lowest BCUT2D eigenvalue weighted by Crippen LogP contribution is -2.50. The molecule has 0 spiro atoms. The van der Waals surface area contributed by atoms with Crippen LogP contribution in [-0.2, 0) is 0 Å². The molecule has 2 saturated heterocycles. The fraction of sp³-hybridized carbons (Fsp3) is 0.944. The molecule has 2 unspecified atom stereocenters. The molecule has 24 heavy (non-hydrogen) atoms. The number of nitrogens with one attached hydrogen (secondary N) is 2. The molecule has 6 heteroatoms. The van der Waals surface area contributed by atoms with Crippen LogP contribution in [0.1, 0.15) is 52.4 Å². The average Bonchev–Trinajstić information content (AvgIpc) is 2.59. The summed E-state index contributed by atoms with van der Waals surface area (Å²) in [5, 5.41) is 6.97. The monoisotopic (exact) mass is 451 g/mol. The Kier molecular flexibility index (Phi) is 11.3. The van der Waals surface area contributed by atoms with Crippen molar-refractivity contribution in [2.24, 2.45) is 4.99 Å². The molecule has 0 aromatic heterocycles. The smallest absolute Gasteiger partial charge is 0.191 e. The fourth-order valence-corrected chi connectivity index (χ4v) is 3.87. The van der Waals surface area contributed by atoms with Crippen molar-refractivity contribution in [3.8, 4) is 0 Å². The minimum Gasteiger partial charge on any atom is -0.355 e. The second-order valence-corrected chi connectivity index (χ2v) is 7.21. The number of guanidine groups is 1. The molecule has 2 fully saturated rings. The zero-order chi connectivity index (χ0) is 16.5. The predicted octanol–water partition coefficient (Wildman–Crippen LogP) is 2.52. The van der Waals surface area contributed by atoms with Gasteiger partial charge in [0, 0.05) is 38.8 Å². The molecule has 2 aliphatic heterocycles. The van der Waals surface area contributed by atoms with Crippen molar-refractivity contribution in [3.63, 3.8) is 0 Å². The Hall–Kier alpha value is -0.0800. The number of aliphatic imine (C=N–C) groups is 1. The van der Waals surface area contributed by atoms with Crippen LogP contribution >= 0.6 is 24.0 Å². The van der Waals surface area contributed by atoms with Gasteiger partial charge in [-0.05, 0) is 59.2 Å². The third kappa shape index (κ3) is 7.44. The zero-order valence-corrected chi connectivity index (χ0v) is 18.2. The van der Waals surface area contributed by atoms with Crippen molar-refractivity contribution < 1.29 is 0 Å². The molecule has 2 rings (SSSR count). The SMILES string of the molecule is CN=C(NCCN1CCCCC1)NCC(C)N1CCCCC1C.I. The van der Waals surface area contributed by atoms with E-state index in [-0.39, 0.29) is 24.0 Å². The van der Waals surface area contributed by atoms with Gasteiger partial charge in [0.15, 0.2) is 5.96 Å². The van der Waals surface area contributed by atoms with Crippen LogP contribution in [0.25, 0.3) is 0 Å². The first-order valence-electron chi connectivity index (χ1n) is 9.63. The number of halogens is 1. The number of hydrogen-bond acceptors (Lipinski definition) is 3. The van der Waals surface area contributed by atoms with Crippen molar-refractivity contribution in [1.82, 2.24) is 20.4 Å². The maximum absolute atomic E-state index is 4.36. The third-order valence-corrected chi connectivity index (χ3v) is 5.38. The molecular weight excluding hydrogens is 413 g/mol. The Morgan fingerprint density at radius 3 is 2.46 bits per heavy atom. The summed E-state index contributed by atoms with van der Waals surface area (Å²) in [4.78, 5) is 9.56. The molecular formula is C18H38IN5. The van der Waals surface area contributed by atoms with Gasteiger partial charge in [-0.25, -0.2) is 0 Å². The second-order valence-electron chi connectivity index (χ2n) is 7.21. The van der Waals surface area contributed by atoms with Gasteiger partial charge < -0.3 is 15.5 Å². The Labute approximate surface area is 166 Å². The Bertz CT molecular complexity index is 357. The van der Waals surface area contributed by atoms with E-state index in [1.165, 1.54) is 58.2 Å². The van der Waals surface area contributed by atoms with E-state index in [4.69, 9.17) is 0 Å². The lowest BCUT2D eigenvalue weighted by Gasteiger charge is -2.38. The molecule has 0 aliphatic carbocycles. The van der Waals surface area contributed by atoms with Crippen molar-refractivity contribution in [1.29, 1.82) is 0 Å². The highest BCUT2D eigenvalue weighted by molar-refractivity contribution is 14.0. The molecule has 0 bridgehead atoms. The van der Waals surface area contributed by atoms with E-state index in [0.29, 0.717) is 6.04 Å². The quantitative estimate of drug-likeness (QED) is 0.370. The highest BCUT2D eigenvalue weighted by atomic mass is 127. The Morgan fingerprint density at radius 2 is 1.79 bits per heavy atom. The lowest BCUT2D eigenvalue weighted by molar-refractivity contribution is 0.115. The van der Waals surface area contributed by atoms with E-state index in [0.717, 1.165) is 31.6 Å². The fourth-order valence-electron chi connectivity index (χ4n) is 3.87. The molecule has 2 aliphatic rings. The van der Waals surface area contributed by atoms with Crippen molar-refractivity contribution in [3.05, 3.63) is 0 Å². The summed E-state index contributed by atoms with van der Waals surface area (Å²) >= 11 is 0. The van der Waals surface area contributed by atoms with Gasteiger partial charge in [-0.2, -0.15) is 0 Å². The third-order valence-electron chi connectivity index (χ3n) is 5.38. The number of hydrogen-bond donors (Lipinski definition) is 2. The molecule has 2 atom stereocenters. The van der Waals surface area contributed by atoms with Crippen LogP contribution in [0.3, 0.4) is 0 Å². The summed E-state index contributed by atoms with van der Waals surface area (Å²) in [6.45, 7) is 11.5. The minimum atomic E-state index is 0. The van der Waals surface area contributed by atoms with E-state index in [1.54, 1.807) is 0 Å². The summed E-state index contributed by atoms with van der Waals surface area (Å²) in [7, 11) is 1.87. The molecule has 2 heterocycles. The van der Waals surface area contributed by atoms with Gasteiger partial charge in [0.05, 0.1) is 0 Å². The maximum Gasteiger partial charge on any atom is 0.191 e. The largest absolute Gasteiger partial charge is 0.355 e. The highest BCUT2D eigenvalue weighted by Gasteiger charge is 2.22. The molecule has 0 aromatic rings. The number of rotatable bonds is 6. The first kappa shape index (κ1) is 22.0. The Morgan fingerprint density at radius 1 is 1.08 bits per heavy atom. The van der Waals surface area contributed by atoms with Crippen molar-refractivity contribution >= 4 is 29.9 Å². The lowest BCUT2D eigenvalue weighted by atomic mass is 10.0. The van der Waals surface area contributed by atoms with Gasteiger partial charge >= 0.3 is 0 Å². The van der Waals surface area contributed by atoms with Gasteiger partial charge in [-0.15, -0.1) is 24.0 Å². The van der Waals surface area contributed by atoms with Crippen LogP contribution in [-0.4, -0.2) is 74.2 Å². The topological polar surface area (TPSA) is 42.9 Å². The van der Waals surface area contributed by atoms with E-state index in [1.807, 2.05) is 7.05 Å². The van der Waals surface area contributed by atoms with Crippen LogP contribution < -0.4 is 10.6 Å². The van der Waals surface area contributed by atoms with E-state index < -0.39 is 0 Å². The van der Waals surface area contributed by atoms with E-state index in [2.05, 4.69) is 39.3 Å². The zero-order valence-electron chi connectivity index (χ0n) is 15.9. The molecule has 0 saturated carbocycles. The minimum absolute atomic E-state index is 0. The molecule has 142 valence electrons. The number of likely N-dealkylation sites (tertiary alicyclic amines) is 2. The van der Waals surface area contributed by atoms with Crippen LogP contribution in [0, 0.1) is 0 Å². The molecule has 2 N–H and O–H groups in total. The van der Waals surface area contributed by atoms with Gasteiger partial charge in [0.1, 0.15) is 0 Å². The van der Waals surface area contributed by atoms with Gasteiger partial charge in [0.25, 0.3) is 0 Å². The first-order chi connectivity index (χ1) is 11.2. The van der Waals surface area contributed by atoms with E-state index >= 15 is 0 Å².